The van der Waals surface area contributed by atoms with Crippen LogP contribution in [0.5, 0.6) is 0 Å². The maximum absolute atomic E-state index is 11.8. The fourth-order valence-electron chi connectivity index (χ4n) is 1.99. The van der Waals surface area contributed by atoms with Crippen LogP contribution in [0.1, 0.15) is 57.1 Å². The number of Topliss-reactive ketones (excluding diaryl/α,β-unsaturated/α-hetero) is 1. The van der Waals surface area contributed by atoms with Gasteiger partial charge in [-0.25, -0.2) is 0 Å². The van der Waals surface area contributed by atoms with Crippen LogP contribution >= 0.6 is 0 Å². The Morgan fingerprint density at radius 3 is 2.28 bits per heavy atom. The molecule has 18 heavy (non-hydrogen) atoms. The van der Waals surface area contributed by atoms with Crippen molar-refractivity contribution in [3.8, 4) is 0 Å². The molecule has 2 heteroatoms. The predicted octanol–water partition coefficient (Wildman–Crippen LogP) is 3.47. The first-order chi connectivity index (χ1) is 8.45. The highest BCUT2D eigenvalue weighted by Gasteiger charge is 2.17. The molecule has 0 aromatic heterocycles. The van der Waals surface area contributed by atoms with Crippen molar-refractivity contribution in [2.75, 3.05) is 6.54 Å². The monoisotopic (exact) mass is 247 g/mol. The minimum Gasteiger partial charge on any atom is -0.330 e. The normalized spacial score (nSPS) is 13.1. The summed E-state index contributed by atoms with van der Waals surface area (Å²) in [6.07, 6.45) is 0.551. The standard InChI is InChI=1S/C16H25NO/c1-11(2)13-6-5-7-14(8-13)15(10-17)9-16(18)12(3)4/h5-8,11-12,15H,9-10,17H2,1-4H3/t15-/m0/s1. The Hall–Kier alpha value is -1.15. The molecule has 0 aliphatic carbocycles. The summed E-state index contributed by atoms with van der Waals surface area (Å²) >= 11 is 0. The fraction of sp³-hybridized carbons (Fsp3) is 0.562. The summed E-state index contributed by atoms with van der Waals surface area (Å²) in [6, 6.07) is 8.46. The molecule has 1 rings (SSSR count). The van der Waals surface area contributed by atoms with Gasteiger partial charge in [0, 0.05) is 18.3 Å². The number of nitrogens with two attached hydrogens (primary N) is 1. The second kappa shape index (κ2) is 6.69. The van der Waals surface area contributed by atoms with E-state index in [9.17, 15) is 4.79 Å². The molecule has 1 aromatic rings. The third-order valence-corrected chi connectivity index (χ3v) is 3.42. The van der Waals surface area contributed by atoms with E-state index in [-0.39, 0.29) is 11.8 Å². The lowest BCUT2D eigenvalue weighted by Gasteiger charge is -2.17. The zero-order valence-electron chi connectivity index (χ0n) is 11.9. The van der Waals surface area contributed by atoms with Crippen LogP contribution in [0.15, 0.2) is 24.3 Å². The van der Waals surface area contributed by atoms with E-state index in [1.165, 1.54) is 11.1 Å². The predicted molar refractivity (Wildman–Crippen MR) is 76.8 cm³/mol. The number of carbonyl (C=O) groups excluding carboxylic acids is 1. The Balaban J connectivity index is 2.88. The summed E-state index contributed by atoms with van der Waals surface area (Å²) in [5, 5.41) is 0. The van der Waals surface area contributed by atoms with Crippen LogP contribution in [-0.4, -0.2) is 12.3 Å². The summed E-state index contributed by atoms with van der Waals surface area (Å²) in [4.78, 5) is 11.8. The Morgan fingerprint density at radius 1 is 1.17 bits per heavy atom. The summed E-state index contributed by atoms with van der Waals surface area (Å²) in [5.74, 6) is 1.04. The smallest absolute Gasteiger partial charge is 0.136 e. The molecule has 100 valence electrons. The van der Waals surface area contributed by atoms with Gasteiger partial charge >= 0.3 is 0 Å². The Labute approximate surface area is 111 Å². The van der Waals surface area contributed by atoms with E-state index < -0.39 is 0 Å². The van der Waals surface area contributed by atoms with Crippen molar-refractivity contribution in [3.05, 3.63) is 35.4 Å². The van der Waals surface area contributed by atoms with E-state index in [4.69, 9.17) is 5.73 Å². The number of ketones is 1. The average Bonchev–Trinajstić information content (AvgIpc) is 2.35. The molecule has 1 aromatic carbocycles. The van der Waals surface area contributed by atoms with Crippen LogP contribution in [0, 0.1) is 5.92 Å². The van der Waals surface area contributed by atoms with Crippen LogP contribution < -0.4 is 5.73 Å². The molecule has 0 amide bonds. The van der Waals surface area contributed by atoms with Crippen LogP contribution in [-0.2, 0) is 4.79 Å². The Kier molecular flexibility index (Phi) is 5.54. The molecule has 0 fully saturated rings. The molecule has 1 atom stereocenters. The van der Waals surface area contributed by atoms with Gasteiger partial charge in [0.15, 0.2) is 0 Å². The highest BCUT2D eigenvalue weighted by Crippen LogP contribution is 2.24. The summed E-state index contributed by atoms with van der Waals surface area (Å²) < 4.78 is 0. The van der Waals surface area contributed by atoms with Crippen molar-refractivity contribution in [1.82, 2.24) is 0 Å². The van der Waals surface area contributed by atoms with Gasteiger partial charge < -0.3 is 5.73 Å². The molecule has 0 aliphatic rings. The van der Waals surface area contributed by atoms with E-state index in [1.54, 1.807) is 0 Å². The third-order valence-electron chi connectivity index (χ3n) is 3.42. The molecular weight excluding hydrogens is 222 g/mol. The number of benzene rings is 1. The third kappa shape index (κ3) is 3.95. The molecule has 0 saturated heterocycles. The first-order valence-electron chi connectivity index (χ1n) is 6.78. The van der Waals surface area contributed by atoms with E-state index in [0.29, 0.717) is 24.7 Å². The van der Waals surface area contributed by atoms with E-state index in [0.717, 1.165) is 0 Å². The summed E-state index contributed by atoms with van der Waals surface area (Å²) in [7, 11) is 0. The molecule has 0 heterocycles. The van der Waals surface area contributed by atoms with Gasteiger partial charge in [-0.2, -0.15) is 0 Å². The van der Waals surface area contributed by atoms with Gasteiger partial charge in [-0.1, -0.05) is 52.0 Å². The number of hydrogen-bond acceptors (Lipinski definition) is 2. The first-order valence-corrected chi connectivity index (χ1v) is 6.78. The van der Waals surface area contributed by atoms with Crippen LogP contribution in [0.3, 0.4) is 0 Å². The van der Waals surface area contributed by atoms with E-state index >= 15 is 0 Å². The van der Waals surface area contributed by atoms with Crippen molar-refractivity contribution in [2.45, 2.75) is 46.0 Å². The van der Waals surface area contributed by atoms with E-state index in [1.807, 2.05) is 13.8 Å². The molecular formula is C16H25NO. The minimum atomic E-state index is 0.0901. The molecule has 2 nitrogen and oxygen atoms in total. The second-order valence-electron chi connectivity index (χ2n) is 5.58. The van der Waals surface area contributed by atoms with E-state index in [2.05, 4.69) is 38.1 Å². The quantitative estimate of drug-likeness (QED) is 0.836. The highest BCUT2D eigenvalue weighted by molar-refractivity contribution is 5.81. The first kappa shape index (κ1) is 14.9. The van der Waals surface area contributed by atoms with Gasteiger partial charge in [0.25, 0.3) is 0 Å². The Bertz CT molecular complexity index is 396. The van der Waals surface area contributed by atoms with Gasteiger partial charge in [-0.15, -0.1) is 0 Å². The van der Waals surface area contributed by atoms with Gasteiger partial charge in [-0.05, 0) is 23.6 Å². The lowest BCUT2D eigenvalue weighted by molar-refractivity contribution is -0.122. The van der Waals surface area contributed by atoms with Gasteiger partial charge in [0.05, 0.1) is 0 Å². The number of rotatable bonds is 6. The topological polar surface area (TPSA) is 43.1 Å². The van der Waals surface area contributed by atoms with Crippen molar-refractivity contribution < 1.29 is 4.79 Å². The molecule has 2 N–H and O–H groups in total. The molecule has 0 radical (unpaired) electrons. The summed E-state index contributed by atoms with van der Waals surface area (Å²) in [6.45, 7) is 8.77. The fourth-order valence-corrected chi connectivity index (χ4v) is 1.99. The zero-order chi connectivity index (χ0) is 13.7. The van der Waals surface area contributed by atoms with Crippen molar-refractivity contribution in [1.29, 1.82) is 0 Å². The summed E-state index contributed by atoms with van der Waals surface area (Å²) in [5.41, 5.74) is 8.33. The van der Waals surface area contributed by atoms with Gasteiger partial charge in [0.1, 0.15) is 5.78 Å². The molecule has 0 aliphatic heterocycles. The number of hydrogen-bond donors (Lipinski definition) is 1. The molecule has 0 saturated carbocycles. The molecule has 0 spiro atoms. The average molecular weight is 247 g/mol. The second-order valence-corrected chi connectivity index (χ2v) is 5.58. The molecule has 0 bridgehead atoms. The zero-order valence-corrected chi connectivity index (χ0v) is 11.9. The van der Waals surface area contributed by atoms with Crippen molar-refractivity contribution >= 4 is 5.78 Å². The van der Waals surface area contributed by atoms with Gasteiger partial charge in [-0.3, -0.25) is 4.79 Å². The number of carbonyl (C=O) groups is 1. The van der Waals surface area contributed by atoms with Crippen molar-refractivity contribution in [2.24, 2.45) is 11.7 Å². The van der Waals surface area contributed by atoms with Crippen LogP contribution in [0.25, 0.3) is 0 Å². The van der Waals surface area contributed by atoms with Crippen molar-refractivity contribution in [3.63, 3.8) is 0 Å². The molecule has 0 unspecified atom stereocenters. The van der Waals surface area contributed by atoms with Crippen LogP contribution in [0.2, 0.25) is 0 Å². The highest BCUT2D eigenvalue weighted by atomic mass is 16.1. The largest absolute Gasteiger partial charge is 0.330 e. The van der Waals surface area contributed by atoms with Gasteiger partial charge in [0.2, 0.25) is 0 Å². The maximum atomic E-state index is 11.8. The SMILES string of the molecule is CC(C)C(=O)C[C@@H](CN)c1cccc(C(C)C)c1. The Morgan fingerprint density at radius 2 is 1.78 bits per heavy atom. The van der Waals surface area contributed by atoms with Crippen LogP contribution in [0.4, 0.5) is 0 Å². The minimum absolute atomic E-state index is 0.0901. The lowest BCUT2D eigenvalue weighted by atomic mass is 9.88. The lowest BCUT2D eigenvalue weighted by Crippen LogP contribution is -2.19. The maximum Gasteiger partial charge on any atom is 0.136 e.